The van der Waals surface area contributed by atoms with Gasteiger partial charge >= 0.3 is 0 Å². The number of rotatable bonds is 4. The number of nitrogens with zero attached hydrogens (tertiary/aromatic N) is 2. The van der Waals surface area contributed by atoms with Gasteiger partial charge in [-0.25, -0.2) is 4.68 Å². The van der Waals surface area contributed by atoms with Gasteiger partial charge in [-0.15, -0.1) is 0 Å². The van der Waals surface area contributed by atoms with Gasteiger partial charge in [0.05, 0.1) is 6.20 Å². The first-order valence-electron chi connectivity index (χ1n) is 5.50. The molecule has 0 saturated heterocycles. The van der Waals surface area contributed by atoms with Gasteiger partial charge in [0.15, 0.2) is 0 Å². The van der Waals surface area contributed by atoms with E-state index in [4.69, 9.17) is 0 Å². The Morgan fingerprint density at radius 3 is 2.76 bits per heavy atom. The topological polar surface area (TPSA) is 64.0 Å². The van der Waals surface area contributed by atoms with E-state index in [9.17, 15) is 9.59 Å². The van der Waals surface area contributed by atoms with Crippen LogP contribution < -0.4 is 10.9 Å². The molecule has 5 nitrogen and oxygen atoms in total. The Balaban J connectivity index is 2.85. The third-order valence-electron chi connectivity index (χ3n) is 2.54. The predicted octanol–water partition coefficient (Wildman–Crippen LogP) is 1.32. The molecule has 0 saturated carbocycles. The maximum absolute atomic E-state index is 11.8. The molecule has 0 radical (unpaired) electrons. The second-order valence-electron chi connectivity index (χ2n) is 3.95. The number of carbonyl (C=O) groups excluding carboxylic acids is 1. The lowest BCUT2D eigenvalue weighted by Crippen LogP contribution is -2.40. The second kappa shape index (κ2) is 6.13. The summed E-state index contributed by atoms with van der Waals surface area (Å²) in [6, 6.07) is 0.971. The van der Waals surface area contributed by atoms with E-state index in [-0.39, 0.29) is 17.5 Å². The van der Waals surface area contributed by atoms with Crippen LogP contribution in [0.5, 0.6) is 0 Å². The summed E-state index contributed by atoms with van der Waals surface area (Å²) in [5.74, 6) is -0.185. The Kier molecular flexibility index (Phi) is 5.10. The van der Waals surface area contributed by atoms with E-state index in [1.807, 2.05) is 36.4 Å². The molecule has 0 aliphatic rings. The summed E-state index contributed by atoms with van der Waals surface area (Å²) in [4.78, 5) is 23.5. The molecule has 1 aromatic rings. The van der Waals surface area contributed by atoms with Gasteiger partial charge in [-0.05, 0) is 42.9 Å². The molecule has 2 unspecified atom stereocenters. The van der Waals surface area contributed by atoms with Crippen molar-refractivity contribution in [1.82, 2.24) is 15.1 Å². The quantitative estimate of drug-likeness (QED) is 0.834. The summed E-state index contributed by atoms with van der Waals surface area (Å²) < 4.78 is 1.96. The monoisotopic (exact) mass is 349 g/mol. The Hall–Kier alpha value is -0.920. The van der Waals surface area contributed by atoms with Crippen molar-refractivity contribution in [2.75, 3.05) is 0 Å². The van der Waals surface area contributed by atoms with Crippen LogP contribution in [0.15, 0.2) is 17.1 Å². The largest absolute Gasteiger partial charge is 0.352 e. The van der Waals surface area contributed by atoms with Crippen molar-refractivity contribution in [3.8, 4) is 0 Å². The number of hydrogen-bond acceptors (Lipinski definition) is 3. The van der Waals surface area contributed by atoms with E-state index in [1.54, 1.807) is 13.1 Å². The average molecular weight is 349 g/mol. The van der Waals surface area contributed by atoms with Gasteiger partial charge < -0.3 is 5.32 Å². The van der Waals surface area contributed by atoms with Crippen LogP contribution in [0.3, 0.4) is 0 Å². The predicted molar refractivity (Wildman–Crippen MR) is 73.8 cm³/mol. The third kappa shape index (κ3) is 3.79. The van der Waals surface area contributed by atoms with Crippen molar-refractivity contribution < 1.29 is 4.79 Å². The maximum Gasteiger partial charge on any atom is 0.268 e. The molecular formula is C11H16IN3O2. The third-order valence-corrected chi connectivity index (χ3v) is 3.13. The fourth-order valence-electron chi connectivity index (χ4n) is 1.26. The highest BCUT2D eigenvalue weighted by atomic mass is 127. The number of nitrogens with one attached hydrogen (secondary N) is 1. The summed E-state index contributed by atoms with van der Waals surface area (Å²) in [5.41, 5.74) is -0.260. The Labute approximate surface area is 114 Å². The minimum absolute atomic E-state index is 0.101. The van der Waals surface area contributed by atoms with Crippen LogP contribution >= 0.6 is 22.6 Å². The first-order valence-corrected chi connectivity index (χ1v) is 6.58. The molecule has 0 spiro atoms. The van der Waals surface area contributed by atoms with Crippen LogP contribution in [0.4, 0.5) is 0 Å². The van der Waals surface area contributed by atoms with Crippen molar-refractivity contribution in [2.45, 2.75) is 39.3 Å². The Morgan fingerprint density at radius 1 is 1.59 bits per heavy atom. The van der Waals surface area contributed by atoms with Crippen molar-refractivity contribution in [2.24, 2.45) is 0 Å². The first-order chi connectivity index (χ1) is 7.95. The lowest BCUT2D eigenvalue weighted by molar-refractivity contribution is -0.124. The van der Waals surface area contributed by atoms with E-state index >= 15 is 0 Å². The van der Waals surface area contributed by atoms with Crippen LogP contribution in [-0.2, 0) is 4.79 Å². The van der Waals surface area contributed by atoms with Gasteiger partial charge in [0.2, 0.25) is 5.91 Å². The minimum atomic E-state index is -0.589. The molecule has 0 bridgehead atoms. The van der Waals surface area contributed by atoms with Crippen LogP contribution in [-0.4, -0.2) is 21.7 Å². The standard InChI is InChI=1S/C11H16IN3O2/c1-4-7(2)14-11(17)8(3)15-10(16)5-9(12)6-13-15/h5-8H,4H2,1-3H3,(H,14,17). The van der Waals surface area contributed by atoms with Crippen LogP contribution in [0.2, 0.25) is 0 Å². The van der Waals surface area contributed by atoms with Gasteiger partial charge in [-0.1, -0.05) is 6.92 Å². The molecule has 94 valence electrons. The van der Waals surface area contributed by atoms with E-state index in [0.29, 0.717) is 0 Å². The second-order valence-corrected chi connectivity index (χ2v) is 5.20. The highest BCUT2D eigenvalue weighted by Gasteiger charge is 2.18. The molecule has 1 rings (SSSR count). The zero-order chi connectivity index (χ0) is 13.0. The van der Waals surface area contributed by atoms with Crippen molar-refractivity contribution in [3.05, 3.63) is 26.2 Å². The summed E-state index contributed by atoms with van der Waals surface area (Å²) in [6.07, 6.45) is 2.42. The molecule has 0 aliphatic carbocycles. The van der Waals surface area contributed by atoms with Crippen molar-refractivity contribution in [1.29, 1.82) is 0 Å². The number of hydrogen-bond donors (Lipinski definition) is 1. The summed E-state index contributed by atoms with van der Waals surface area (Å²) in [6.45, 7) is 5.58. The Morgan fingerprint density at radius 2 is 2.24 bits per heavy atom. The number of carbonyl (C=O) groups is 1. The van der Waals surface area contributed by atoms with Crippen LogP contribution in [0.25, 0.3) is 0 Å². The summed E-state index contributed by atoms with van der Waals surface area (Å²) in [5, 5.41) is 6.80. The number of halogens is 1. The normalized spacial score (nSPS) is 14.1. The smallest absolute Gasteiger partial charge is 0.268 e. The average Bonchev–Trinajstić information content (AvgIpc) is 2.28. The van der Waals surface area contributed by atoms with Gasteiger partial charge in [-0.3, -0.25) is 9.59 Å². The molecule has 17 heavy (non-hydrogen) atoms. The van der Waals surface area contributed by atoms with Crippen LogP contribution in [0, 0.1) is 3.57 Å². The fraction of sp³-hybridized carbons (Fsp3) is 0.545. The molecular weight excluding hydrogens is 333 g/mol. The first kappa shape index (κ1) is 14.1. The zero-order valence-electron chi connectivity index (χ0n) is 10.1. The number of amides is 1. The molecule has 0 aliphatic heterocycles. The number of aromatic nitrogens is 2. The van der Waals surface area contributed by atoms with E-state index < -0.39 is 6.04 Å². The van der Waals surface area contributed by atoms with Gasteiger partial charge in [0.1, 0.15) is 6.04 Å². The Bertz CT molecular complexity index is 458. The SMILES string of the molecule is CCC(C)NC(=O)C(C)n1ncc(I)cc1=O. The molecule has 0 fully saturated rings. The minimum Gasteiger partial charge on any atom is -0.352 e. The highest BCUT2D eigenvalue weighted by Crippen LogP contribution is 2.03. The maximum atomic E-state index is 11.8. The zero-order valence-corrected chi connectivity index (χ0v) is 12.3. The molecule has 1 heterocycles. The van der Waals surface area contributed by atoms with E-state index in [0.717, 1.165) is 9.99 Å². The lowest BCUT2D eigenvalue weighted by Gasteiger charge is -2.17. The van der Waals surface area contributed by atoms with Crippen molar-refractivity contribution in [3.63, 3.8) is 0 Å². The molecule has 1 N–H and O–H groups in total. The fourth-order valence-corrected chi connectivity index (χ4v) is 1.65. The van der Waals surface area contributed by atoms with Gasteiger partial charge in [0, 0.05) is 15.7 Å². The lowest BCUT2D eigenvalue weighted by atomic mass is 10.2. The summed E-state index contributed by atoms with van der Waals surface area (Å²) >= 11 is 2.01. The van der Waals surface area contributed by atoms with Gasteiger partial charge in [0.25, 0.3) is 5.56 Å². The molecule has 1 amide bonds. The van der Waals surface area contributed by atoms with E-state index in [1.165, 1.54) is 10.7 Å². The highest BCUT2D eigenvalue weighted by molar-refractivity contribution is 14.1. The summed E-state index contributed by atoms with van der Waals surface area (Å²) in [7, 11) is 0. The molecule has 1 aromatic heterocycles. The van der Waals surface area contributed by atoms with E-state index in [2.05, 4.69) is 10.4 Å². The molecule has 6 heteroatoms. The molecule has 2 atom stereocenters. The van der Waals surface area contributed by atoms with Crippen LogP contribution in [0.1, 0.15) is 33.2 Å². The van der Waals surface area contributed by atoms with Crippen molar-refractivity contribution >= 4 is 28.5 Å². The van der Waals surface area contributed by atoms with Gasteiger partial charge in [-0.2, -0.15) is 5.10 Å². The molecule has 0 aromatic carbocycles.